The van der Waals surface area contributed by atoms with Crippen LogP contribution in [0.25, 0.3) is 5.69 Å². The molecule has 0 atom stereocenters. The van der Waals surface area contributed by atoms with Crippen LogP contribution >= 0.6 is 11.8 Å². The number of carbonyl (C=O) groups excluding carboxylic acids is 1. The summed E-state index contributed by atoms with van der Waals surface area (Å²) in [5.41, 5.74) is 2.78. The lowest BCUT2D eigenvalue weighted by Gasteiger charge is -2.36. The molecule has 9 heteroatoms. The van der Waals surface area contributed by atoms with Crippen LogP contribution in [0.4, 0.5) is 11.4 Å². The highest BCUT2D eigenvalue weighted by molar-refractivity contribution is 7.99. The van der Waals surface area contributed by atoms with Crippen molar-refractivity contribution in [3.8, 4) is 5.69 Å². The first-order valence-corrected chi connectivity index (χ1v) is 11.1. The van der Waals surface area contributed by atoms with Crippen LogP contribution in [0, 0.1) is 0 Å². The number of amides is 1. The van der Waals surface area contributed by atoms with Gasteiger partial charge in [0.1, 0.15) is 0 Å². The quantitative estimate of drug-likeness (QED) is 0.585. The average Bonchev–Trinajstić information content (AvgIpc) is 3.27. The second-order valence-corrected chi connectivity index (χ2v) is 7.93. The maximum atomic E-state index is 12.7. The fraction of sp³-hybridized carbons (Fsp3) is 0.333. The third-order valence-electron chi connectivity index (χ3n) is 5.11. The summed E-state index contributed by atoms with van der Waals surface area (Å²) in [6.45, 7) is 7.26. The topological polar surface area (TPSA) is 79.2 Å². The van der Waals surface area contributed by atoms with Crippen LogP contribution in [0.2, 0.25) is 0 Å². The molecule has 0 bridgehead atoms. The number of aromatic nitrogens is 4. The Balaban J connectivity index is 1.38. The normalized spacial score (nSPS) is 14.6. The van der Waals surface area contributed by atoms with E-state index >= 15 is 0 Å². The van der Waals surface area contributed by atoms with Crippen LogP contribution in [0.3, 0.4) is 0 Å². The fourth-order valence-corrected chi connectivity index (χ4v) is 4.17. The number of hydrogen-bond acceptors (Lipinski definition) is 7. The number of rotatable bonds is 7. The molecule has 30 heavy (non-hydrogen) atoms. The number of anilines is 2. The van der Waals surface area contributed by atoms with E-state index in [1.165, 1.54) is 11.8 Å². The molecule has 1 N–H and O–H groups in total. The maximum Gasteiger partial charge on any atom is 0.234 e. The summed E-state index contributed by atoms with van der Waals surface area (Å²) in [6.07, 6.45) is 0. The van der Waals surface area contributed by atoms with Gasteiger partial charge in [-0.25, -0.2) is 0 Å². The molecule has 0 radical (unpaired) electrons. The highest BCUT2D eigenvalue weighted by Crippen LogP contribution is 2.27. The Labute approximate surface area is 180 Å². The van der Waals surface area contributed by atoms with E-state index in [4.69, 9.17) is 0 Å². The van der Waals surface area contributed by atoms with Crippen molar-refractivity contribution < 1.29 is 4.79 Å². The van der Waals surface area contributed by atoms with Crippen molar-refractivity contribution in [3.05, 3.63) is 54.6 Å². The minimum Gasteiger partial charge on any atom is -0.367 e. The van der Waals surface area contributed by atoms with Gasteiger partial charge in [0, 0.05) is 26.2 Å². The molecule has 3 aromatic rings. The van der Waals surface area contributed by atoms with E-state index < -0.39 is 0 Å². The SMILES string of the molecule is CCN1CCN(c2ccccc2NC(=O)CSc2nnnn2-c2ccccc2)CC1. The van der Waals surface area contributed by atoms with Gasteiger partial charge < -0.3 is 15.1 Å². The number of tetrazole rings is 1. The van der Waals surface area contributed by atoms with Crippen molar-refractivity contribution in [2.24, 2.45) is 0 Å². The van der Waals surface area contributed by atoms with Crippen molar-refractivity contribution in [1.82, 2.24) is 25.1 Å². The van der Waals surface area contributed by atoms with E-state index in [0.717, 1.165) is 49.8 Å². The first kappa shape index (κ1) is 20.4. The number of para-hydroxylation sites is 3. The van der Waals surface area contributed by atoms with Crippen LogP contribution in [0.15, 0.2) is 59.8 Å². The lowest BCUT2D eigenvalue weighted by molar-refractivity contribution is -0.113. The molecule has 2 aromatic carbocycles. The number of nitrogens with one attached hydrogen (secondary N) is 1. The molecule has 2 heterocycles. The van der Waals surface area contributed by atoms with Crippen molar-refractivity contribution in [2.75, 3.05) is 48.7 Å². The van der Waals surface area contributed by atoms with E-state index in [-0.39, 0.29) is 11.7 Å². The maximum absolute atomic E-state index is 12.7. The molecule has 1 saturated heterocycles. The van der Waals surface area contributed by atoms with Gasteiger partial charge in [-0.2, -0.15) is 4.68 Å². The van der Waals surface area contributed by atoms with Crippen LogP contribution in [0.1, 0.15) is 6.92 Å². The Morgan fingerprint density at radius 1 is 1.03 bits per heavy atom. The highest BCUT2D eigenvalue weighted by atomic mass is 32.2. The van der Waals surface area contributed by atoms with E-state index in [1.807, 2.05) is 48.5 Å². The molecule has 1 aromatic heterocycles. The Bertz CT molecular complexity index is 970. The summed E-state index contributed by atoms with van der Waals surface area (Å²) in [5, 5.41) is 15.5. The van der Waals surface area contributed by atoms with Crippen LogP contribution in [-0.4, -0.2) is 69.5 Å². The van der Waals surface area contributed by atoms with Crippen molar-refractivity contribution >= 4 is 29.0 Å². The summed E-state index contributed by atoms with van der Waals surface area (Å²) in [5.74, 6) is 0.146. The molecule has 0 aliphatic carbocycles. The summed E-state index contributed by atoms with van der Waals surface area (Å²) in [6, 6.07) is 17.6. The molecule has 1 amide bonds. The smallest absolute Gasteiger partial charge is 0.234 e. The predicted molar refractivity (Wildman–Crippen MR) is 119 cm³/mol. The van der Waals surface area contributed by atoms with Gasteiger partial charge >= 0.3 is 0 Å². The lowest BCUT2D eigenvalue weighted by atomic mass is 10.2. The summed E-state index contributed by atoms with van der Waals surface area (Å²) < 4.78 is 1.64. The van der Waals surface area contributed by atoms with E-state index in [2.05, 4.69) is 43.6 Å². The molecule has 1 fully saturated rings. The van der Waals surface area contributed by atoms with Gasteiger partial charge in [-0.05, 0) is 41.2 Å². The minimum absolute atomic E-state index is 0.0812. The van der Waals surface area contributed by atoms with E-state index in [0.29, 0.717) is 5.16 Å². The van der Waals surface area contributed by atoms with Crippen molar-refractivity contribution in [3.63, 3.8) is 0 Å². The van der Waals surface area contributed by atoms with Crippen LogP contribution in [-0.2, 0) is 4.79 Å². The number of piperazine rings is 1. The molecule has 156 valence electrons. The van der Waals surface area contributed by atoms with Gasteiger partial charge in [0.05, 0.1) is 22.8 Å². The first-order chi connectivity index (χ1) is 14.7. The third kappa shape index (κ3) is 4.80. The molecular weight excluding hydrogens is 398 g/mol. The predicted octanol–water partition coefficient (Wildman–Crippen LogP) is 2.54. The van der Waals surface area contributed by atoms with Crippen LogP contribution in [0.5, 0.6) is 0 Å². The number of hydrogen-bond donors (Lipinski definition) is 1. The van der Waals surface area contributed by atoms with Gasteiger partial charge in [0.25, 0.3) is 0 Å². The van der Waals surface area contributed by atoms with Gasteiger partial charge in [-0.15, -0.1) is 5.10 Å². The Morgan fingerprint density at radius 3 is 2.53 bits per heavy atom. The third-order valence-corrected chi connectivity index (χ3v) is 6.03. The standard InChI is InChI=1S/C21H25N7OS/c1-2-26-12-14-27(15-13-26)19-11-7-6-10-18(19)22-20(29)16-30-21-23-24-25-28(21)17-8-4-3-5-9-17/h3-11H,2,12-16H2,1H3,(H,22,29). The number of carbonyl (C=O) groups is 1. The Kier molecular flexibility index (Phi) is 6.60. The molecule has 0 spiro atoms. The molecular formula is C21H25N7OS. The van der Waals surface area contributed by atoms with Crippen molar-refractivity contribution in [1.29, 1.82) is 0 Å². The molecule has 8 nitrogen and oxygen atoms in total. The van der Waals surface area contributed by atoms with Gasteiger partial charge in [-0.3, -0.25) is 4.79 Å². The minimum atomic E-state index is -0.0812. The zero-order valence-corrected chi connectivity index (χ0v) is 17.8. The Morgan fingerprint density at radius 2 is 1.77 bits per heavy atom. The van der Waals surface area contributed by atoms with Crippen LogP contribution < -0.4 is 10.2 Å². The molecule has 4 rings (SSSR count). The zero-order valence-electron chi connectivity index (χ0n) is 16.9. The number of nitrogens with zero attached hydrogens (tertiary/aromatic N) is 6. The largest absolute Gasteiger partial charge is 0.367 e. The number of thioether (sulfide) groups is 1. The molecule has 1 aliphatic rings. The second kappa shape index (κ2) is 9.73. The fourth-order valence-electron chi connectivity index (χ4n) is 3.48. The summed E-state index contributed by atoms with van der Waals surface area (Å²) >= 11 is 1.32. The van der Waals surface area contributed by atoms with E-state index in [9.17, 15) is 4.79 Å². The zero-order chi connectivity index (χ0) is 20.8. The molecule has 0 unspecified atom stereocenters. The van der Waals surface area contributed by atoms with Gasteiger partial charge in [0.2, 0.25) is 11.1 Å². The number of benzene rings is 2. The summed E-state index contributed by atoms with van der Waals surface area (Å²) in [4.78, 5) is 17.4. The molecule has 0 saturated carbocycles. The highest BCUT2D eigenvalue weighted by Gasteiger charge is 2.19. The lowest BCUT2D eigenvalue weighted by Crippen LogP contribution is -2.46. The van der Waals surface area contributed by atoms with E-state index in [1.54, 1.807) is 4.68 Å². The Hall–Kier alpha value is -2.91. The molecule has 1 aliphatic heterocycles. The summed E-state index contributed by atoms with van der Waals surface area (Å²) in [7, 11) is 0. The van der Waals surface area contributed by atoms with Crippen molar-refractivity contribution in [2.45, 2.75) is 12.1 Å². The monoisotopic (exact) mass is 423 g/mol. The average molecular weight is 424 g/mol. The first-order valence-electron chi connectivity index (χ1n) is 10.1. The van der Waals surface area contributed by atoms with Gasteiger partial charge in [0.15, 0.2) is 0 Å². The number of likely N-dealkylation sites (N-methyl/N-ethyl adjacent to an activating group) is 1. The van der Waals surface area contributed by atoms with Gasteiger partial charge in [-0.1, -0.05) is 49.0 Å². The second-order valence-electron chi connectivity index (χ2n) is 6.98.